The van der Waals surface area contributed by atoms with Gasteiger partial charge in [0.25, 0.3) is 0 Å². The van der Waals surface area contributed by atoms with Gasteiger partial charge in [0, 0.05) is 23.6 Å². The first kappa shape index (κ1) is 23.4. The van der Waals surface area contributed by atoms with E-state index in [2.05, 4.69) is 29.7 Å². The van der Waals surface area contributed by atoms with Crippen molar-refractivity contribution in [2.45, 2.75) is 70.4 Å². The van der Waals surface area contributed by atoms with Crippen LogP contribution in [0.15, 0.2) is 42.5 Å². The highest BCUT2D eigenvalue weighted by Crippen LogP contribution is 2.42. The van der Waals surface area contributed by atoms with Gasteiger partial charge in [0.15, 0.2) is 0 Å². The first-order valence-electron chi connectivity index (χ1n) is 12.6. The predicted molar refractivity (Wildman–Crippen MR) is 135 cm³/mol. The number of hydrogen-bond donors (Lipinski definition) is 1. The van der Waals surface area contributed by atoms with Crippen molar-refractivity contribution < 1.29 is 19.4 Å². The number of methoxy groups -OCH3 is 1. The Morgan fingerprint density at radius 2 is 1.77 bits per heavy atom. The number of aryl methyl sites for hydroxylation is 1. The minimum Gasteiger partial charge on any atom is -0.481 e. The highest BCUT2D eigenvalue weighted by atomic mass is 16.5. The normalized spacial score (nSPS) is 23.1. The van der Waals surface area contributed by atoms with Crippen LogP contribution in [-0.4, -0.2) is 39.9 Å². The number of imidazole rings is 1. The number of carbonyl (C=O) groups is 2. The summed E-state index contributed by atoms with van der Waals surface area (Å²) < 4.78 is 7.46. The number of fused-ring (bicyclic) bond motifs is 3. The van der Waals surface area contributed by atoms with E-state index in [1.54, 1.807) is 4.90 Å². The second-order valence-corrected chi connectivity index (χ2v) is 9.97. The molecule has 7 nitrogen and oxygen atoms in total. The summed E-state index contributed by atoms with van der Waals surface area (Å²) in [6.45, 7) is 4.23. The van der Waals surface area contributed by atoms with Crippen molar-refractivity contribution in [3.05, 3.63) is 59.4 Å². The lowest BCUT2D eigenvalue weighted by Crippen LogP contribution is -2.42. The Bertz CT molecular complexity index is 1240. The van der Waals surface area contributed by atoms with Crippen LogP contribution in [0.3, 0.4) is 0 Å². The first-order valence-corrected chi connectivity index (χ1v) is 12.6. The Morgan fingerprint density at radius 1 is 1.06 bits per heavy atom. The van der Waals surface area contributed by atoms with Gasteiger partial charge < -0.3 is 14.4 Å². The molecule has 5 rings (SSSR count). The van der Waals surface area contributed by atoms with Gasteiger partial charge in [0.1, 0.15) is 5.82 Å². The second-order valence-electron chi connectivity index (χ2n) is 9.97. The van der Waals surface area contributed by atoms with E-state index in [1.807, 2.05) is 31.2 Å². The van der Waals surface area contributed by atoms with Gasteiger partial charge in [-0.1, -0.05) is 37.3 Å². The number of carbonyl (C=O) groups excluding carboxylic acids is 1. The Hall–Kier alpha value is -3.35. The average Bonchev–Trinajstić information content (AvgIpc) is 3.28. The zero-order chi connectivity index (χ0) is 24.7. The van der Waals surface area contributed by atoms with Crippen LogP contribution >= 0.6 is 0 Å². The van der Waals surface area contributed by atoms with Gasteiger partial charge in [0.05, 0.1) is 29.7 Å². The van der Waals surface area contributed by atoms with Gasteiger partial charge in [-0.25, -0.2) is 9.78 Å². The molecule has 7 heteroatoms. The SMILES string of the molecule is COC(=O)N1c2ccc3c(nc([C@H](C)c4ccccc4)n3C3CCC(C(=O)O)CC3)c2CC[C@@H]1C. The summed E-state index contributed by atoms with van der Waals surface area (Å²) in [5.74, 6) is 0.124. The van der Waals surface area contributed by atoms with Crippen molar-refractivity contribution in [2.75, 3.05) is 12.0 Å². The molecule has 2 aromatic carbocycles. The maximum Gasteiger partial charge on any atom is 0.414 e. The molecular weight excluding hydrogens is 442 g/mol. The lowest BCUT2D eigenvalue weighted by molar-refractivity contribution is -0.143. The van der Waals surface area contributed by atoms with Gasteiger partial charge >= 0.3 is 12.1 Å². The quantitative estimate of drug-likeness (QED) is 0.507. The van der Waals surface area contributed by atoms with E-state index in [4.69, 9.17) is 9.72 Å². The van der Waals surface area contributed by atoms with Gasteiger partial charge in [-0.2, -0.15) is 0 Å². The summed E-state index contributed by atoms with van der Waals surface area (Å²) in [6, 6.07) is 14.8. The number of nitrogens with zero attached hydrogens (tertiary/aromatic N) is 3. The zero-order valence-corrected chi connectivity index (χ0v) is 20.6. The highest BCUT2D eigenvalue weighted by Gasteiger charge is 2.34. The number of aliphatic carboxylic acids is 1. The van der Waals surface area contributed by atoms with Crippen molar-refractivity contribution in [3.8, 4) is 0 Å². The maximum atomic E-state index is 12.6. The van der Waals surface area contributed by atoms with E-state index in [0.29, 0.717) is 12.8 Å². The van der Waals surface area contributed by atoms with Gasteiger partial charge in [0.2, 0.25) is 0 Å². The number of aromatic nitrogens is 2. The molecule has 2 heterocycles. The van der Waals surface area contributed by atoms with Crippen LogP contribution in [0.4, 0.5) is 10.5 Å². The van der Waals surface area contributed by atoms with Crippen LogP contribution in [0, 0.1) is 5.92 Å². The van der Waals surface area contributed by atoms with E-state index >= 15 is 0 Å². The molecule has 1 fully saturated rings. The van der Waals surface area contributed by atoms with Crippen LogP contribution in [0.5, 0.6) is 0 Å². The standard InChI is InChI=1S/C28H33N3O4/c1-17-9-14-22-23(30(17)28(34)35-3)15-16-24-25(22)29-26(18(2)19-7-5-4-6-8-19)31(24)21-12-10-20(11-13-21)27(32)33/h4-8,15-18,20-21H,9-14H2,1-3H3,(H,32,33)/t17-,18+,20?,21?/m0/s1. The largest absolute Gasteiger partial charge is 0.481 e. The van der Waals surface area contributed by atoms with E-state index < -0.39 is 5.97 Å². The van der Waals surface area contributed by atoms with Crippen molar-refractivity contribution in [1.29, 1.82) is 0 Å². The summed E-state index contributed by atoms with van der Waals surface area (Å²) in [5.41, 5.74) is 5.18. The van der Waals surface area contributed by atoms with Crippen LogP contribution in [0.2, 0.25) is 0 Å². The summed E-state index contributed by atoms with van der Waals surface area (Å²) in [5, 5.41) is 9.50. The fourth-order valence-electron chi connectivity index (χ4n) is 5.95. The minimum atomic E-state index is -0.692. The lowest BCUT2D eigenvalue weighted by Gasteiger charge is -2.34. The molecule has 1 saturated carbocycles. The van der Waals surface area contributed by atoms with E-state index in [0.717, 1.165) is 53.8 Å². The predicted octanol–water partition coefficient (Wildman–Crippen LogP) is 5.91. The molecule has 1 aliphatic carbocycles. The van der Waals surface area contributed by atoms with E-state index in [1.165, 1.54) is 12.7 Å². The molecular formula is C28H33N3O4. The molecule has 0 saturated heterocycles. The third-order valence-electron chi connectivity index (χ3n) is 7.95. The van der Waals surface area contributed by atoms with Crippen LogP contribution in [0.1, 0.15) is 74.9 Å². The molecule has 1 amide bonds. The summed E-state index contributed by atoms with van der Waals surface area (Å²) in [7, 11) is 1.42. The number of amides is 1. The van der Waals surface area contributed by atoms with Gasteiger partial charge in [-0.3, -0.25) is 9.69 Å². The van der Waals surface area contributed by atoms with Crippen LogP contribution in [0.25, 0.3) is 11.0 Å². The molecule has 2 aliphatic rings. The Morgan fingerprint density at radius 3 is 2.43 bits per heavy atom. The van der Waals surface area contributed by atoms with Crippen molar-refractivity contribution in [2.24, 2.45) is 5.92 Å². The van der Waals surface area contributed by atoms with Crippen molar-refractivity contribution in [3.63, 3.8) is 0 Å². The number of carboxylic acids is 1. The number of anilines is 1. The third kappa shape index (κ3) is 4.07. The molecule has 1 aliphatic heterocycles. The van der Waals surface area contributed by atoms with Crippen LogP contribution < -0.4 is 4.90 Å². The fourth-order valence-corrected chi connectivity index (χ4v) is 5.95. The topological polar surface area (TPSA) is 84.7 Å². The third-order valence-corrected chi connectivity index (χ3v) is 7.95. The Balaban J connectivity index is 1.65. The van der Waals surface area contributed by atoms with Gasteiger partial charge in [-0.05, 0) is 63.1 Å². The van der Waals surface area contributed by atoms with E-state index in [-0.39, 0.29) is 30.0 Å². The molecule has 0 bridgehead atoms. The molecule has 184 valence electrons. The number of ether oxygens (including phenoxy) is 1. The molecule has 1 N–H and O–H groups in total. The molecule has 2 atom stereocenters. The number of benzene rings is 2. The van der Waals surface area contributed by atoms with Crippen LogP contribution in [-0.2, 0) is 16.0 Å². The highest BCUT2D eigenvalue weighted by molar-refractivity contribution is 5.95. The number of rotatable bonds is 4. The van der Waals surface area contributed by atoms with Crippen molar-refractivity contribution in [1.82, 2.24) is 9.55 Å². The van der Waals surface area contributed by atoms with Gasteiger partial charge in [-0.15, -0.1) is 0 Å². The minimum absolute atomic E-state index is 0.0588. The first-order chi connectivity index (χ1) is 16.9. The average molecular weight is 476 g/mol. The maximum absolute atomic E-state index is 12.6. The monoisotopic (exact) mass is 475 g/mol. The Labute approximate surface area is 205 Å². The summed E-state index contributed by atoms with van der Waals surface area (Å²) in [4.78, 5) is 31.2. The number of carboxylic acid groups (broad SMARTS) is 1. The fraction of sp³-hybridized carbons (Fsp3) is 0.464. The molecule has 3 aromatic rings. The number of hydrogen-bond acceptors (Lipinski definition) is 4. The molecule has 0 unspecified atom stereocenters. The van der Waals surface area contributed by atoms with E-state index in [9.17, 15) is 14.7 Å². The molecule has 1 aromatic heterocycles. The van der Waals surface area contributed by atoms with Crippen molar-refractivity contribution >= 4 is 28.8 Å². The zero-order valence-electron chi connectivity index (χ0n) is 20.6. The second kappa shape index (κ2) is 9.36. The molecule has 35 heavy (non-hydrogen) atoms. The summed E-state index contributed by atoms with van der Waals surface area (Å²) >= 11 is 0. The smallest absolute Gasteiger partial charge is 0.414 e. The molecule has 0 spiro atoms. The molecule has 0 radical (unpaired) electrons. The summed E-state index contributed by atoms with van der Waals surface area (Å²) in [6.07, 6.45) is 4.35. The lowest BCUT2D eigenvalue weighted by atomic mass is 9.85. The Kier molecular flexibility index (Phi) is 6.26.